The van der Waals surface area contributed by atoms with E-state index in [1.54, 1.807) is 13.2 Å². The maximum Gasteiger partial charge on any atom is 0.330 e. The third-order valence-corrected chi connectivity index (χ3v) is 7.43. The van der Waals surface area contributed by atoms with Gasteiger partial charge >= 0.3 is 5.97 Å². The number of methoxy groups -OCH3 is 2. The molecule has 0 radical (unpaired) electrons. The summed E-state index contributed by atoms with van der Waals surface area (Å²) >= 11 is 0. The van der Waals surface area contributed by atoms with Crippen molar-refractivity contribution in [3.63, 3.8) is 0 Å². The van der Waals surface area contributed by atoms with Crippen molar-refractivity contribution in [2.75, 3.05) is 38.1 Å². The lowest BCUT2D eigenvalue weighted by Crippen LogP contribution is -2.38. The number of esters is 1. The van der Waals surface area contributed by atoms with Gasteiger partial charge in [-0.1, -0.05) is 48.5 Å². The molecule has 3 aromatic rings. The van der Waals surface area contributed by atoms with E-state index in [0.717, 1.165) is 59.3 Å². The number of carbonyl (C=O) groups excluding carboxylic acids is 2. The quantitative estimate of drug-likeness (QED) is 0.240. The van der Waals surface area contributed by atoms with Gasteiger partial charge in [0.25, 0.3) is 0 Å². The first kappa shape index (κ1) is 28.1. The molecule has 0 spiro atoms. The van der Waals surface area contributed by atoms with E-state index in [2.05, 4.69) is 53.4 Å². The van der Waals surface area contributed by atoms with Crippen molar-refractivity contribution >= 4 is 29.3 Å². The summed E-state index contributed by atoms with van der Waals surface area (Å²) in [7, 11) is 7.16. The van der Waals surface area contributed by atoms with Crippen LogP contribution in [0.15, 0.2) is 78.9 Å². The zero-order valence-corrected chi connectivity index (χ0v) is 23.3. The molecule has 1 saturated carbocycles. The van der Waals surface area contributed by atoms with Crippen LogP contribution in [0.25, 0.3) is 17.2 Å². The molecule has 4 rings (SSSR count). The molecule has 6 nitrogen and oxygen atoms in total. The second kappa shape index (κ2) is 13.3. The van der Waals surface area contributed by atoms with Crippen molar-refractivity contribution in [2.45, 2.75) is 38.3 Å². The molecule has 0 aromatic heterocycles. The molecule has 0 saturated heterocycles. The molecule has 204 valence electrons. The number of anilines is 2. The molecule has 0 heterocycles. The van der Waals surface area contributed by atoms with Gasteiger partial charge in [0.05, 0.1) is 19.8 Å². The van der Waals surface area contributed by atoms with E-state index >= 15 is 0 Å². The van der Waals surface area contributed by atoms with Gasteiger partial charge in [-0.3, -0.25) is 4.79 Å². The van der Waals surface area contributed by atoms with Crippen LogP contribution in [0.3, 0.4) is 0 Å². The second-order valence-electron chi connectivity index (χ2n) is 10.2. The van der Waals surface area contributed by atoms with Crippen molar-refractivity contribution in [2.24, 2.45) is 5.92 Å². The molecule has 1 fully saturated rings. The molecule has 1 aliphatic rings. The van der Waals surface area contributed by atoms with Crippen molar-refractivity contribution in [1.82, 2.24) is 0 Å². The molecule has 0 atom stereocenters. The van der Waals surface area contributed by atoms with E-state index in [-0.39, 0.29) is 17.9 Å². The number of rotatable bonds is 9. The van der Waals surface area contributed by atoms with Crippen LogP contribution in [0.4, 0.5) is 11.4 Å². The highest BCUT2D eigenvalue weighted by Crippen LogP contribution is 2.31. The largest absolute Gasteiger partial charge is 0.466 e. The molecule has 1 aliphatic carbocycles. The summed E-state index contributed by atoms with van der Waals surface area (Å²) < 4.78 is 10.2. The Bertz CT molecular complexity index is 1270. The highest BCUT2D eigenvalue weighted by molar-refractivity contribution is 5.95. The smallest absolute Gasteiger partial charge is 0.330 e. The standard InChI is InChI=1S/C33H38N2O4/c1-34(2)29-17-13-27(14-18-29)26-11-8-25(9-12-26)23-35(33(37)28-15-19-31(38-3)20-16-28)30-7-5-6-24(22-30)10-21-32(36)39-4/h5-14,17-18,21-22,28,31H,15-16,19-20,23H2,1-4H3/b21-10+/t28-,31-. The first-order valence-corrected chi connectivity index (χ1v) is 13.4. The Kier molecular flexibility index (Phi) is 9.55. The molecule has 0 aliphatic heterocycles. The lowest BCUT2D eigenvalue weighted by atomic mass is 9.86. The van der Waals surface area contributed by atoms with Gasteiger partial charge in [0.1, 0.15) is 0 Å². The average molecular weight is 527 g/mol. The van der Waals surface area contributed by atoms with Gasteiger partial charge in [-0.25, -0.2) is 4.79 Å². The van der Waals surface area contributed by atoms with Crippen molar-refractivity contribution in [3.05, 3.63) is 90.0 Å². The van der Waals surface area contributed by atoms with E-state index in [0.29, 0.717) is 6.54 Å². The summed E-state index contributed by atoms with van der Waals surface area (Å²) in [5, 5.41) is 0. The summed E-state index contributed by atoms with van der Waals surface area (Å²) in [6, 6.07) is 24.6. The van der Waals surface area contributed by atoms with Crippen molar-refractivity contribution in [3.8, 4) is 11.1 Å². The average Bonchev–Trinajstić information content (AvgIpc) is 2.98. The van der Waals surface area contributed by atoms with Gasteiger partial charge in [0.15, 0.2) is 0 Å². The predicted molar refractivity (Wildman–Crippen MR) is 158 cm³/mol. The van der Waals surface area contributed by atoms with Gasteiger partial charge < -0.3 is 19.3 Å². The fraction of sp³-hybridized carbons (Fsp3) is 0.333. The Morgan fingerprint density at radius 2 is 1.49 bits per heavy atom. The Hall–Kier alpha value is -3.90. The SMILES string of the molecule is COC(=O)/C=C/c1cccc(N(Cc2ccc(-c3ccc(N(C)C)cc3)cc2)C(=O)[C@H]2CC[C@H](OC)CC2)c1. The molecule has 6 heteroatoms. The van der Waals surface area contributed by atoms with Gasteiger partial charge in [-0.15, -0.1) is 0 Å². The minimum absolute atomic E-state index is 0.0415. The van der Waals surface area contributed by atoms with Crippen LogP contribution in [0.1, 0.15) is 36.8 Å². The molecular formula is C33H38N2O4. The summed E-state index contributed by atoms with van der Waals surface area (Å²) in [6.07, 6.45) is 6.75. The Morgan fingerprint density at radius 1 is 0.846 bits per heavy atom. The molecule has 0 N–H and O–H groups in total. The summed E-state index contributed by atoms with van der Waals surface area (Å²) in [4.78, 5) is 29.5. The molecule has 39 heavy (non-hydrogen) atoms. The maximum atomic E-state index is 13.9. The van der Waals surface area contributed by atoms with Crippen LogP contribution in [-0.2, 0) is 25.6 Å². The fourth-order valence-electron chi connectivity index (χ4n) is 5.03. The van der Waals surface area contributed by atoms with Crippen LogP contribution in [0.5, 0.6) is 0 Å². The Balaban J connectivity index is 1.58. The molecule has 0 unspecified atom stereocenters. The van der Waals surface area contributed by atoms with Crippen LogP contribution < -0.4 is 9.80 Å². The molecule has 0 bridgehead atoms. The van der Waals surface area contributed by atoms with Crippen LogP contribution in [0, 0.1) is 5.92 Å². The second-order valence-corrected chi connectivity index (χ2v) is 10.2. The first-order chi connectivity index (χ1) is 18.9. The lowest BCUT2D eigenvalue weighted by Gasteiger charge is -2.32. The number of benzene rings is 3. The monoisotopic (exact) mass is 526 g/mol. The van der Waals surface area contributed by atoms with Crippen LogP contribution >= 0.6 is 0 Å². The third kappa shape index (κ3) is 7.36. The van der Waals surface area contributed by atoms with Gasteiger partial charge in [0.2, 0.25) is 5.91 Å². The minimum Gasteiger partial charge on any atom is -0.466 e. The van der Waals surface area contributed by atoms with Gasteiger partial charge in [0, 0.05) is 44.6 Å². The first-order valence-electron chi connectivity index (χ1n) is 13.4. The lowest BCUT2D eigenvalue weighted by molar-refractivity contribution is -0.134. The van der Waals surface area contributed by atoms with Crippen LogP contribution in [0.2, 0.25) is 0 Å². The van der Waals surface area contributed by atoms with E-state index < -0.39 is 5.97 Å². The number of amides is 1. The topological polar surface area (TPSA) is 59.1 Å². The maximum absolute atomic E-state index is 13.9. The molecular weight excluding hydrogens is 488 g/mol. The summed E-state index contributed by atoms with van der Waals surface area (Å²) in [5.41, 5.74) is 6.14. The van der Waals surface area contributed by atoms with E-state index in [9.17, 15) is 9.59 Å². The Labute approximate surface area is 231 Å². The van der Waals surface area contributed by atoms with Crippen molar-refractivity contribution < 1.29 is 19.1 Å². The highest BCUT2D eigenvalue weighted by Gasteiger charge is 2.30. The highest BCUT2D eigenvalue weighted by atomic mass is 16.5. The van der Waals surface area contributed by atoms with E-state index in [4.69, 9.17) is 9.47 Å². The fourth-order valence-corrected chi connectivity index (χ4v) is 5.03. The number of carbonyl (C=O) groups is 2. The zero-order chi connectivity index (χ0) is 27.8. The molecule has 1 amide bonds. The molecule has 3 aromatic carbocycles. The third-order valence-electron chi connectivity index (χ3n) is 7.43. The van der Waals surface area contributed by atoms with E-state index in [1.807, 2.05) is 43.3 Å². The van der Waals surface area contributed by atoms with E-state index in [1.165, 1.54) is 13.2 Å². The summed E-state index contributed by atoms with van der Waals surface area (Å²) in [5.74, 6) is -0.332. The van der Waals surface area contributed by atoms with Gasteiger partial charge in [-0.2, -0.15) is 0 Å². The van der Waals surface area contributed by atoms with Crippen LogP contribution in [-0.4, -0.2) is 46.3 Å². The summed E-state index contributed by atoms with van der Waals surface area (Å²) in [6.45, 7) is 0.465. The normalized spacial score (nSPS) is 17.1. The van der Waals surface area contributed by atoms with Crippen molar-refractivity contribution in [1.29, 1.82) is 0 Å². The number of hydrogen-bond acceptors (Lipinski definition) is 5. The Morgan fingerprint density at radius 3 is 2.08 bits per heavy atom. The predicted octanol–water partition coefficient (Wildman–Crippen LogP) is 6.34. The number of nitrogens with zero attached hydrogens (tertiary/aromatic N) is 2. The minimum atomic E-state index is -0.417. The van der Waals surface area contributed by atoms with Gasteiger partial charge in [-0.05, 0) is 78.3 Å². The zero-order valence-electron chi connectivity index (χ0n) is 23.3. The number of hydrogen-bond donors (Lipinski definition) is 0. The number of ether oxygens (including phenoxy) is 2.